The van der Waals surface area contributed by atoms with Crippen molar-refractivity contribution in [1.82, 2.24) is 5.32 Å². The molecule has 1 unspecified atom stereocenters. The Morgan fingerprint density at radius 1 is 1.16 bits per heavy atom. The van der Waals surface area contributed by atoms with E-state index in [1.807, 2.05) is 38.1 Å². The van der Waals surface area contributed by atoms with Gasteiger partial charge in [-0.15, -0.1) is 0 Å². The molecular weight excluding hydrogens is 242 g/mol. The van der Waals surface area contributed by atoms with E-state index < -0.39 is 6.10 Å². The molecule has 0 aliphatic heterocycles. The minimum atomic E-state index is -0.483. The van der Waals surface area contributed by atoms with E-state index in [1.54, 1.807) is 7.11 Å². The SMILES string of the molecule is COc1ccc([C@H](C)NCC(O)COC(C)C)cc1. The first-order chi connectivity index (χ1) is 9.02. The summed E-state index contributed by atoms with van der Waals surface area (Å²) in [6.07, 6.45) is -0.336. The molecule has 1 aromatic carbocycles. The monoisotopic (exact) mass is 267 g/mol. The molecule has 1 rings (SSSR count). The van der Waals surface area contributed by atoms with Gasteiger partial charge in [0.1, 0.15) is 5.75 Å². The van der Waals surface area contributed by atoms with Crippen molar-refractivity contribution >= 4 is 0 Å². The Bertz CT molecular complexity index is 351. The van der Waals surface area contributed by atoms with E-state index in [0.717, 1.165) is 11.3 Å². The van der Waals surface area contributed by atoms with E-state index in [9.17, 15) is 5.11 Å². The molecule has 2 N–H and O–H groups in total. The molecule has 0 amide bonds. The lowest BCUT2D eigenvalue weighted by Gasteiger charge is -2.18. The Kier molecular flexibility index (Phi) is 6.84. The zero-order valence-electron chi connectivity index (χ0n) is 12.2. The van der Waals surface area contributed by atoms with Crippen LogP contribution in [0.1, 0.15) is 32.4 Å². The fourth-order valence-corrected chi connectivity index (χ4v) is 1.69. The van der Waals surface area contributed by atoms with Crippen LogP contribution in [0.15, 0.2) is 24.3 Å². The second-order valence-electron chi connectivity index (χ2n) is 4.94. The summed E-state index contributed by atoms with van der Waals surface area (Å²) in [5.41, 5.74) is 1.16. The molecule has 0 fully saturated rings. The van der Waals surface area contributed by atoms with Crippen LogP contribution in [0.2, 0.25) is 0 Å². The molecule has 0 spiro atoms. The van der Waals surface area contributed by atoms with Gasteiger partial charge in [0.05, 0.1) is 25.9 Å². The maximum atomic E-state index is 9.77. The molecule has 0 radical (unpaired) electrons. The van der Waals surface area contributed by atoms with Crippen molar-refractivity contribution in [3.8, 4) is 5.75 Å². The molecule has 19 heavy (non-hydrogen) atoms. The molecule has 0 aromatic heterocycles. The molecule has 0 heterocycles. The van der Waals surface area contributed by atoms with Gasteiger partial charge in [0.15, 0.2) is 0 Å². The lowest BCUT2D eigenvalue weighted by molar-refractivity contribution is 0.00560. The fraction of sp³-hybridized carbons (Fsp3) is 0.600. The van der Waals surface area contributed by atoms with Gasteiger partial charge >= 0.3 is 0 Å². The Labute approximate surface area is 115 Å². The first-order valence-electron chi connectivity index (χ1n) is 6.70. The summed E-state index contributed by atoms with van der Waals surface area (Å²) in [5, 5.41) is 13.1. The third-order valence-electron chi connectivity index (χ3n) is 2.90. The summed E-state index contributed by atoms with van der Waals surface area (Å²) in [4.78, 5) is 0. The smallest absolute Gasteiger partial charge is 0.118 e. The lowest BCUT2D eigenvalue weighted by Crippen LogP contribution is -2.32. The van der Waals surface area contributed by atoms with Gasteiger partial charge in [0, 0.05) is 12.6 Å². The maximum absolute atomic E-state index is 9.77. The predicted molar refractivity (Wildman–Crippen MR) is 76.5 cm³/mol. The molecule has 0 saturated heterocycles. The van der Waals surface area contributed by atoms with Gasteiger partial charge in [-0.2, -0.15) is 0 Å². The largest absolute Gasteiger partial charge is 0.497 e. The highest BCUT2D eigenvalue weighted by atomic mass is 16.5. The average molecular weight is 267 g/mol. The number of methoxy groups -OCH3 is 1. The third-order valence-corrected chi connectivity index (χ3v) is 2.90. The molecule has 4 heteroatoms. The van der Waals surface area contributed by atoms with Crippen molar-refractivity contribution in [3.63, 3.8) is 0 Å². The minimum Gasteiger partial charge on any atom is -0.497 e. The molecular formula is C15H25NO3. The average Bonchev–Trinajstić information content (AvgIpc) is 2.42. The van der Waals surface area contributed by atoms with Crippen LogP contribution in [0, 0.1) is 0 Å². The third kappa shape index (κ3) is 6.05. The van der Waals surface area contributed by atoms with Crippen LogP contribution >= 0.6 is 0 Å². The van der Waals surface area contributed by atoms with Crippen molar-refractivity contribution in [1.29, 1.82) is 0 Å². The number of aliphatic hydroxyl groups is 1. The van der Waals surface area contributed by atoms with E-state index in [-0.39, 0.29) is 12.1 Å². The summed E-state index contributed by atoms with van der Waals surface area (Å²) in [7, 11) is 1.65. The number of ether oxygens (including phenoxy) is 2. The molecule has 0 aliphatic rings. The molecule has 0 saturated carbocycles. The number of hydrogen-bond donors (Lipinski definition) is 2. The zero-order valence-corrected chi connectivity index (χ0v) is 12.2. The molecule has 1 aromatic rings. The number of rotatable bonds is 8. The zero-order chi connectivity index (χ0) is 14.3. The van der Waals surface area contributed by atoms with Gasteiger partial charge in [-0.25, -0.2) is 0 Å². The van der Waals surface area contributed by atoms with Crippen molar-refractivity contribution in [3.05, 3.63) is 29.8 Å². The van der Waals surface area contributed by atoms with E-state index in [1.165, 1.54) is 0 Å². The highest BCUT2D eigenvalue weighted by Crippen LogP contribution is 2.17. The van der Waals surface area contributed by atoms with E-state index in [2.05, 4.69) is 12.2 Å². The van der Waals surface area contributed by atoms with Crippen LogP contribution in [0.5, 0.6) is 5.75 Å². The van der Waals surface area contributed by atoms with Gasteiger partial charge in [-0.1, -0.05) is 12.1 Å². The van der Waals surface area contributed by atoms with Gasteiger partial charge in [-0.05, 0) is 38.5 Å². The summed E-state index contributed by atoms with van der Waals surface area (Å²) < 4.78 is 10.5. The molecule has 2 atom stereocenters. The van der Waals surface area contributed by atoms with Gasteiger partial charge < -0.3 is 19.9 Å². The summed E-state index contributed by atoms with van der Waals surface area (Å²) in [6.45, 7) is 6.86. The summed E-state index contributed by atoms with van der Waals surface area (Å²) >= 11 is 0. The van der Waals surface area contributed by atoms with E-state index in [0.29, 0.717) is 13.2 Å². The Morgan fingerprint density at radius 3 is 2.32 bits per heavy atom. The standard InChI is InChI=1S/C15H25NO3/c1-11(2)19-10-14(17)9-16-12(3)13-5-7-15(18-4)8-6-13/h5-8,11-12,14,16-17H,9-10H2,1-4H3/t12-,14?/m0/s1. The minimum absolute atomic E-state index is 0.147. The number of aliphatic hydroxyl groups excluding tert-OH is 1. The number of nitrogens with one attached hydrogen (secondary N) is 1. The maximum Gasteiger partial charge on any atom is 0.118 e. The van der Waals surface area contributed by atoms with Crippen molar-refractivity contribution < 1.29 is 14.6 Å². The van der Waals surface area contributed by atoms with E-state index >= 15 is 0 Å². The van der Waals surface area contributed by atoms with Crippen LogP contribution in [0.4, 0.5) is 0 Å². The van der Waals surface area contributed by atoms with Crippen LogP contribution in [0.3, 0.4) is 0 Å². The highest BCUT2D eigenvalue weighted by Gasteiger charge is 2.09. The van der Waals surface area contributed by atoms with Crippen LogP contribution in [0.25, 0.3) is 0 Å². The number of benzene rings is 1. The van der Waals surface area contributed by atoms with Gasteiger partial charge in [0.25, 0.3) is 0 Å². The highest BCUT2D eigenvalue weighted by molar-refractivity contribution is 5.28. The van der Waals surface area contributed by atoms with Gasteiger partial charge in [-0.3, -0.25) is 0 Å². The van der Waals surface area contributed by atoms with Crippen molar-refractivity contribution in [2.75, 3.05) is 20.3 Å². The fourth-order valence-electron chi connectivity index (χ4n) is 1.69. The summed E-state index contributed by atoms with van der Waals surface area (Å²) in [5.74, 6) is 0.848. The van der Waals surface area contributed by atoms with E-state index in [4.69, 9.17) is 9.47 Å². The molecule has 4 nitrogen and oxygen atoms in total. The first kappa shape index (κ1) is 16.0. The summed E-state index contributed by atoms with van der Waals surface area (Å²) in [6, 6.07) is 8.10. The molecule has 0 bridgehead atoms. The quantitative estimate of drug-likeness (QED) is 0.757. The Balaban J connectivity index is 2.35. The second kappa shape index (κ2) is 8.15. The van der Waals surface area contributed by atoms with Crippen molar-refractivity contribution in [2.24, 2.45) is 0 Å². The molecule has 108 valence electrons. The first-order valence-corrected chi connectivity index (χ1v) is 6.70. The lowest BCUT2D eigenvalue weighted by atomic mass is 10.1. The number of hydrogen-bond acceptors (Lipinski definition) is 4. The predicted octanol–water partition coefficient (Wildman–Crippen LogP) is 2.13. The Hall–Kier alpha value is -1.10. The molecule has 0 aliphatic carbocycles. The van der Waals surface area contributed by atoms with Crippen LogP contribution < -0.4 is 10.1 Å². The van der Waals surface area contributed by atoms with Crippen LogP contribution in [-0.4, -0.2) is 37.6 Å². The second-order valence-corrected chi connectivity index (χ2v) is 4.94. The Morgan fingerprint density at radius 2 is 1.79 bits per heavy atom. The van der Waals surface area contributed by atoms with Gasteiger partial charge in [0.2, 0.25) is 0 Å². The topological polar surface area (TPSA) is 50.7 Å². The normalized spacial score (nSPS) is 14.4. The van der Waals surface area contributed by atoms with Crippen LogP contribution in [-0.2, 0) is 4.74 Å². The van der Waals surface area contributed by atoms with Crippen molar-refractivity contribution in [2.45, 2.75) is 39.0 Å².